The third-order valence-electron chi connectivity index (χ3n) is 2.48. The minimum Gasteiger partial charge on any atom is -0.161 e. The molecule has 1 saturated carbocycles. The van der Waals surface area contributed by atoms with E-state index in [2.05, 4.69) is 11.8 Å². The Morgan fingerprint density at radius 1 is 1.00 bits per heavy atom. The highest BCUT2D eigenvalue weighted by molar-refractivity contribution is 8.00. The zero-order valence-corrected chi connectivity index (χ0v) is 5.97. The molecule has 0 aromatic carbocycles. The summed E-state index contributed by atoms with van der Waals surface area (Å²) < 4.78 is 0. The summed E-state index contributed by atoms with van der Waals surface area (Å²) in [6.07, 6.45) is 6.11. The molecule has 1 aliphatic heterocycles. The van der Waals surface area contributed by atoms with Crippen LogP contribution in [-0.4, -0.2) is 11.5 Å². The van der Waals surface area contributed by atoms with E-state index in [1.807, 2.05) is 0 Å². The molecule has 8 heavy (non-hydrogen) atoms. The highest BCUT2D eigenvalue weighted by atomic mass is 32.2. The molecule has 0 bridgehead atoms. The van der Waals surface area contributed by atoms with Crippen molar-refractivity contribution < 1.29 is 0 Å². The van der Waals surface area contributed by atoms with Gasteiger partial charge < -0.3 is 0 Å². The van der Waals surface area contributed by atoms with Gasteiger partial charge >= 0.3 is 0 Å². The van der Waals surface area contributed by atoms with Crippen LogP contribution in [0.2, 0.25) is 0 Å². The standard InChI is InChI=1S/C7H12S/c1-2-4-7(3-1)5-8-6-7/h1-6H2. The highest BCUT2D eigenvalue weighted by Crippen LogP contribution is 2.49. The molecule has 0 aromatic rings. The van der Waals surface area contributed by atoms with Gasteiger partial charge in [0.15, 0.2) is 0 Å². The second kappa shape index (κ2) is 1.66. The van der Waals surface area contributed by atoms with E-state index in [9.17, 15) is 0 Å². The first-order valence-electron chi connectivity index (χ1n) is 3.49. The third kappa shape index (κ3) is 0.604. The van der Waals surface area contributed by atoms with E-state index in [1.165, 1.54) is 24.3 Å². The smallest absolute Gasteiger partial charge is 0.000269 e. The van der Waals surface area contributed by atoms with Gasteiger partial charge in [0.05, 0.1) is 0 Å². The van der Waals surface area contributed by atoms with E-state index < -0.39 is 0 Å². The summed E-state index contributed by atoms with van der Waals surface area (Å²) in [5.41, 5.74) is 0.880. The minimum atomic E-state index is 0.880. The molecular weight excluding hydrogens is 116 g/mol. The summed E-state index contributed by atoms with van der Waals surface area (Å²) in [6, 6.07) is 0. The average Bonchev–Trinajstić information content (AvgIpc) is 2.07. The largest absolute Gasteiger partial charge is 0.161 e. The third-order valence-corrected chi connectivity index (χ3v) is 4.11. The molecule has 1 saturated heterocycles. The lowest BCUT2D eigenvalue weighted by atomic mass is 9.90. The van der Waals surface area contributed by atoms with Crippen LogP contribution in [0.15, 0.2) is 0 Å². The number of rotatable bonds is 0. The van der Waals surface area contributed by atoms with Crippen LogP contribution in [0.4, 0.5) is 0 Å². The number of hydrogen-bond donors (Lipinski definition) is 0. The van der Waals surface area contributed by atoms with Gasteiger partial charge in [-0.2, -0.15) is 11.8 Å². The summed E-state index contributed by atoms with van der Waals surface area (Å²) in [4.78, 5) is 0. The van der Waals surface area contributed by atoms with Crippen molar-refractivity contribution in [3.63, 3.8) is 0 Å². The van der Waals surface area contributed by atoms with Crippen molar-refractivity contribution in [3.8, 4) is 0 Å². The van der Waals surface area contributed by atoms with Gasteiger partial charge in [0.1, 0.15) is 0 Å². The molecule has 2 aliphatic rings. The Kier molecular flexibility index (Phi) is 1.07. The predicted octanol–water partition coefficient (Wildman–Crippen LogP) is 2.29. The molecule has 0 aromatic heterocycles. The van der Waals surface area contributed by atoms with Crippen LogP contribution in [0, 0.1) is 5.41 Å². The zero-order valence-electron chi connectivity index (χ0n) is 5.15. The topological polar surface area (TPSA) is 0 Å². The van der Waals surface area contributed by atoms with Crippen LogP contribution in [0.5, 0.6) is 0 Å². The van der Waals surface area contributed by atoms with Crippen molar-refractivity contribution >= 4 is 11.8 Å². The van der Waals surface area contributed by atoms with Gasteiger partial charge in [0.2, 0.25) is 0 Å². The van der Waals surface area contributed by atoms with Crippen molar-refractivity contribution in [3.05, 3.63) is 0 Å². The molecular formula is C7H12S. The first kappa shape index (κ1) is 5.16. The van der Waals surface area contributed by atoms with Crippen LogP contribution in [0.1, 0.15) is 25.7 Å². The highest BCUT2D eigenvalue weighted by Gasteiger charge is 2.39. The van der Waals surface area contributed by atoms with E-state index in [-0.39, 0.29) is 0 Å². The Hall–Kier alpha value is 0.350. The van der Waals surface area contributed by atoms with E-state index in [1.54, 1.807) is 12.8 Å². The van der Waals surface area contributed by atoms with E-state index in [0.717, 1.165) is 5.41 Å². The molecule has 0 radical (unpaired) electrons. The second-order valence-corrected chi connectivity index (χ2v) is 4.19. The average molecular weight is 128 g/mol. The molecule has 0 amide bonds. The molecule has 1 heterocycles. The quantitative estimate of drug-likeness (QED) is 0.482. The zero-order chi connectivity index (χ0) is 5.45. The lowest BCUT2D eigenvalue weighted by Crippen LogP contribution is -2.31. The number of hydrogen-bond acceptors (Lipinski definition) is 1. The van der Waals surface area contributed by atoms with Crippen molar-refractivity contribution in [1.29, 1.82) is 0 Å². The molecule has 2 fully saturated rings. The van der Waals surface area contributed by atoms with Crippen LogP contribution in [0.3, 0.4) is 0 Å². The SMILES string of the molecule is C1CCC2(C1)CSC2. The molecule has 2 rings (SSSR count). The van der Waals surface area contributed by atoms with Gasteiger partial charge in [-0.1, -0.05) is 12.8 Å². The molecule has 1 aliphatic carbocycles. The summed E-state index contributed by atoms with van der Waals surface area (Å²) in [7, 11) is 0. The molecule has 1 heteroatoms. The normalized spacial score (nSPS) is 33.0. The van der Waals surface area contributed by atoms with Crippen molar-refractivity contribution in [2.75, 3.05) is 11.5 Å². The van der Waals surface area contributed by atoms with E-state index >= 15 is 0 Å². The van der Waals surface area contributed by atoms with Crippen LogP contribution in [0.25, 0.3) is 0 Å². The molecule has 0 atom stereocenters. The van der Waals surface area contributed by atoms with Crippen LogP contribution < -0.4 is 0 Å². The fourth-order valence-electron chi connectivity index (χ4n) is 1.80. The lowest BCUT2D eigenvalue weighted by Gasteiger charge is -2.37. The fraction of sp³-hybridized carbons (Fsp3) is 1.00. The molecule has 1 spiro atoms. The van der Waals surface area contributed by atoms with Gasteiger partial charge in [-0.25, -0.2) is 0 Å². The predicted molar refractivity (Wildman–Crippen MR) is 38.2 cm³/mol. The minimum absolute atomic E-state index is 0.880. The maximum atomic E-state index is 2.13. The van der Waals surface area contributed by atoms with Crippen molar-refractivity contribution in [2.24, 2.45) is 5.41 Å². The van der Waals surface area contributed by atoms with Gasteiger partial charge in [-0.05, 0) is 29.8 Å². The Morgan fingerprint density at radius 3 is 1.88 bits per heavy atom. The Labute approximate surface area is 55.0 Å². The molecule has 0 N–H and O–H groups in total. The summed E-state index contributed by atoms with van der Waals surface area (Å²) in [5, 5.41) is 0. The first-order chi connectivity index (χ1) is 3.91. The van der Waals surface area contributed by atoms with Crippen LogP contribution in [-0.2, 0) is 0 Å². The van der Waals surface area contributed by atoms with Gasteiger partial charge in [-0.15, -0.1) is 0 Å². The van der Waals surface area contributed by atoms with E-state index in [4.69, 9.17) is 0 Å². The molecule has 0 nitrogen and oxygen atoms in total. The second-order valence-electron chi connectivity index (χ2n) is 3.20. The van der Waals surface area contributed by atoms with Gasteiger partial charge in [0.25, 0.3) is 0 Å². The summed E-state index contributed by atoms with van der Waals surface area (Å²) >= 11 is 2.13. The lowest BCUT2D eigenvalue weighted by molar-refractivity contribution is 0.376. The van der Waals surface area contributed by atoms with Crippen molar-refractivity contribution in [1.82, 2.24) is 0 Å². The Balaban J connectivity index is 2.01. The Morgan fingerprint density at radius 2 is 1.62 bits per heavy atom. The van der Waals surface area contributed by atoms with Gasteiger partial charge in [-0.3, -0.25) is 0 Å². The van der Waals surface area contributed by atoms with E-state index in [0.29, 0.717) is 0 Å². The fourth-order valence-corrected chi connectivity index (χ4v) is 3.16. The monoisotopic (exact) mass is 128 g/mol. The summed E-state index contributed by atoms with van der Waals surface area (Å²) in [5.74, 6) is 2.96. The maximum absolute atomic E-state index is 2.13. The maximum Gasteiger partial charge on any atom is -0.000269 e. The molecule has 0 unspecified atom stereocenters. The Bertz CT molecular complexity index is 86.6. The first-order valence-corrected chi connectivity index (χ1v) is 4.65. The van der Waals surface area contributed by atoms with Crippen LogP contribution >= 0.6 is 11.8 Å². The number of thioether (sulfide) groups is 1. The summed E-state index contributed by atoms with van der Waals surface area (Å²) in [6.45, 7) is 0. The van der Waals surface area contributed by atoms with Crippen molar-refractivity contribution in [2.45, 2.75) is 25.7 Å². The van der Waals surface area contributed by atoms with Gasteiger partial charge in [0, 0.05) is 0 Å². The molecule has 46 valence electrons.